The number of amides is 2. The van der Waals surface area contributed by atoms with Crippen LogP contribution in [0.1, 0.15) is 0 Å². The molecule has 3 heterocycles. The van der Waals surface area contributed by atoms with Gasteiger partial charge in [-0.25, -0.2) is 9.78 Å². The molecule has 7 heteroatoms. The van der Waals surface area contributed by atoms with Gasteiger partial charge in [0, 0.05) is 58.6 Å². The van der Waals surface area contributed by atoms with Gasteiger partial charge in [-0.05, 0) is 12.1 Å². The van der Waals surface area contributed by atoms with E-state index in [1.165, 1.54) is 0 Å². The summed E-state index contributed by atoms with van der Waals surface area (Å²) in [4.78, 5) is 23.1. The third-order valence-electron chi connectivity index (χ3n) is 4.63. The first-order valence-electron chi connectivity index (χ1n) is 8.90. The van der Waals surface area contributed by atoms with Gasteiger partial charge in [0.15, 0.2) is 0 Å². The van der Waals surface area contributed by atoms with Crippen molar-refractivity contribution in [2.45, 2.75) is 6.10 Å². The maximum atomic E-state index is 12.1. The molecule has 2 amide bonds. The van der Waals surface area contributed by atoms with E-state index in [0.29, 0.717) is 26.2 Å². The molecule has 2 aliphatic rings. The van der Waals surface area contributed by atoms with Crippen LogP contribution in [0.15, 0.2) is 37.1 Å². The van der Waals surface area contributed by atoms with E-state index in [0.717, 1.165) is 38.5 Å². The van der Waals surface area contributed by atoms with Crippen molar-refractivity contribution in [2.24, 2.45) is 0 Å². The standard InChI is InChI=1S/C18H27N5O2/c1-2-6-20-18(24)23-12-13-25-16(15-23)14-21-8-10-22(11-9-21)17-5-3-4-7-19-17/h2-5,7,16H,1,6,8-15H2,(H,20,24)/t16-/m0/s1. The number of urea groups is 1. The van der Waals surface area contributed by atoms with Crippen molar-refractivity contribution < 1.29 is 9.53 Å². The number of nitrogens with one attached hydrogen (secondary N) is 1. The third-order valence-corrected chi connectivity index (χ3v) is 4.63. The van der Waals surface area contributed by atoms with E-state index < -0.39 is 0 Å². The lowest BCUT2D eigenvalue weighted by atomic mass is 10.2. The second kappa shape index (κ2) is 8.82. The number of rotatable bonds is 5. The van der Waals surface area contributed by atoms with Gasteiger partial charge in [-0.2, -0.15) is 0 Å². The molecule has 3 rings (SSSR count). The first kappa shape index (κ1) is 17.7. The molecule has 2 aliphatic heterocycles. The minimum atomic E-state index is -0.0341. The lowest BCUT2D eigenvalue weighted by Crippen LogP contribution is -2.55. The number of carbonyl (C=O) groups excluding carboxylic acids is 1. The van der Waals surface area contributed by atoms with Crippen molar-refractivity contribution in [3.63, 3.8) is 0 Å². The molecule has 1 aromatic heterocycles. The molecule has 0 aromatic carbocycles. The van der Waals surface area contributed by atoms with Crippen molar-refractivity contribution in [3.8, 4) is 0 Å². The molecule has 2 saturated heterocycles. The van der Waals surface area contributed by atoms with Crippen LogP contribution in [-0.2, 0) is 4.74 Å². The third kappa shape index (κ3) is 4.93. The van der Waals surface area contributed by atoms with E-state index >= 15 is 0 Å². The molecule has 0 unspecified atom stereocenters. The summed E-state index contributed by atoms with van der Waals surface area (Å²) in [7, 11) is 0. The fourth-order valence-electron chi connectivity index (χ4n) is 3.27. The zero-order valence-corrected chi connectivity index (χ0v) is 14.6. The number of anilines is 1. The fourth-order valence-corrected chi connectivity index (χ4v) is 3.27. The number of ether oxygens (including phenoxy) is 1. The van der Waals surface area contributed by atoms with Crippen molar-refractivity contribution in [2.75, 3.05) is 63.9 Å². The summed E-state index contributed by atoms with van der Waals surface area (Å²) >= 11 is 0. The van der Waals surface area contributed by atoms with Crippen LogP contribution in [0.3, 0.4) is 0 Å². The minimum absolute atomic E-state index is 0.0341. The predicted octanol–water partition coefficient (Wildman–Crippen LogP) is 0.800. The Balaban J connectivity index is 1.44. The van der Waals surface area contributed by atoms with Crippen LogP contribution in [0.25, 0.3) is 0 Å². The van der Waals surface area contributed by atoms with E-state index in [1.54, 1.807) is 6.08 Å². The highest BCUT2D eigenvalue weighted by Gasteiger charge is 2.27. The second-order valence-electron chi connectivity index (χ2n) is 6.39. The molecule has 1 N–H and O–H groups in total. The van der Waals surface area contributed by atoms with Crippen molar-refractivity contribution >= 4 is 11.8 Å². The highest BCUT2D eigenvalue weighted by Crippen LogP contribution is 2.14. The molecule has 0 radical (unpaired) electrons. The van der Waals surface area contributed by atoms with Gasteiger partial charge >= 0.3 is 6.03 Å². The monoisotopic (exact) mass is 345 g/mol. The fraction of sp³-hybridized carbons (Fsp3) is 0.556. The summed E-state index contributed by atoms with van der Waals surface area (Å²) < 4.78 is 5.87. The van der Waals surface area contributed by atoms with Gasteiger partial charge in [0.1, 0.15) is 5.82 Å². The molecule has 0 bridgehead atoms. The van der Waals surface area contributed by atoms with Crippen LogP contribution in [-0.4, -0.2) is 85.9 Å². The Morgan fingerprint density at radius 1 is 1.32 bits per heavy atom. The van der Waals surface area contributed by atoms with Crippen LogP contribution in [0, 0.1) is 0 Å². The molecule has 7 nitrogen and oxygen atoms in total. The summed E-state index contributed by atoms with van der Waals surface area (Å²) in [6.45, 7) is 10.8. The molecule has 0 saturated carbocycles. The highest BCUT2D eigenvalue weighted by molar-refractivity contribution is 5.74. The first-order valence-corrected chi connectivity index (χ1v) is 8.90. The highest BCUT2D eigenvalue weighted by atomic mass is 16.5. The predicted molar refractivity (Wildman–Crippen MR) is 97.8 cm³/mol. The zero-order chi connectivity index (χ0) is 17.5. The molecular weight excluding hydrogens is 318 g/mol. The molecule has 0 aliphatic carbocycles. The Morgan fingerprint density at radius 2 is 2.16 bits per heavy atom. The van der Waals surface area contributed by atoms with Gasteiger partial charge in [0.2, 0.25) is 0 Å². The summed E-state index contributed by atoms with van der Waals surface area (Å²) in [5, 5.41) is 2.84. The number of hydrogen-bond donors (Lipinski definition) is 1. The summed E-state index contributed by atoms with van der Waals surface area (Å²) in [5.74, 6) is 1.04. The van der Waals surface area contributed by atoms with Gasteiger partial charge in [0.05, 0.1) is 12.7 Å². The lowest BCUT2D eigenvalue weighted by molar-refractivity contribution is -0.0309. The molecule has 136 valence electrons. The molecule has 1 aromatic rings. The van der Waals surface area contributed by atoms with Crippen molar-refractivity contribution in [1.82, 2.24) is 20.1 Å². The van der Waals surface area contributed by atoms with Gasteiger partial charge < -0.3 is 19.9 Å². The number of carbonyl (C=O) groups is 1. The van der Waals surface area contributed by atoms with E-state index in [9.17, 15) is 4.79 Å². The minimum Gasteiger partial charge on any atom is -0.373 e. The van der Waals surface area contributed by atoms with Crippen LogP contribution in [0.4, 0.5) is 10.6 Å². The number of nitrogens with zero attached hydrogens (tertiary/aromatic N) is 4. The maximum absolute atomic E-state index is 12.1. The summed E-state index contributed by atoms with van der Waals surface area (Å²) in [6.07, 6.45) is 3.60. The Labute approximate surface area is 149 Å². The average Bonchev–Trinajstić information content (AvgIpc) is 2.67. The molecule has 2 fully saturated rings. The first-order chi connectivity index (χ1) is 12.3. The molecule has 1 atom stereocenters. The van der Waals surface area contributed by atoms with E-state index in [-0.39, 0.29) is 12.1 Å². The van der Waals surface area contributed by atoms with Crippen LogP contribution in [0.5, 0.6) is 0 Å². The van der Waals surface area contributed by atoms with Crippen molar-refractivity contribution in [1.29, 1.82) is 0 Å². The Hall–Kier alpha value is -2.12. The Bertz CT molecular complexity index is 560. The van der Waals surface area contributed by atoms with Crippen LogP contribution in [0.2, 0.25) is 0 Å². The number of aromatic nitrogens is 1. The van der Waals surface area contributed by atoms with Gasteiger partial charge in [-0.1, -0.05) is 12.1 Å². The summed E-state index contributed by atoms with van der Waals surface area (Å²) in [5.41, 5.74) is 0. The SMILES string of the molecule is C=CCNC(=O)N1CCO[C@@H](CN2CCN(c3ccccn3)CC2)C1. The number of piperazine rings is 1. The lowest BCUT2D eigenvalue weighted by Gasteiger charge is -2.39. The molecular formula is C18H27N5O2. The zero-order valence-electron chi connectivity index (χ0n) is 14.6. The smallest absolute Gasteiger partial charge is 0.317 e. The van der Waals surface area contributed by atoms with E-state index in [1.807, 2.05) is 23.2 Å². The number of hydrogen-bond acceptors (Lipinski definition) is 5. The Kier molecular flexibility index (Phi) is 6.25. The normalized spacial score (nSPS) is 21.8. The van der Waals surface area contributed by atoms with Gasteiger partial charge in [-0.15, -0.1) is 6.58 Å². The largest absolute Gasteiger partial charge is 0.373 e. The van der Waals surface area contributed by atoms with Gasteiger partial charge in [0.25, 0.3) is 0 Å². The number of morpholine rings is 1. The second-order valence-corrected chi connectivity index (χ2v) is 6.39. The van der Waals surface area contributed by atoms with Crippen LogP contribution < -0.4 is 10.2 Å². The number of pyridine rings is 1. The van der Waals surface area contributed by atoms with Crippen molar-refractivity contribution in [3.05, 3.63) is 37.1 Å². The van der Waals surface area contributed by atoms with E-state index in [2.05, 4.69) is 32.7 Å². The summed E-state index contributed by atoms with van der Waals surface area (Å²) in [6, 6.07) is 5.99. The Morgan fingerprint density at radius 3 is 2.88 bits per heavy atom. The van der Waals surface area contributed by atoms with E-state index in [4.69, 9.17) is 4.74 Å². The molecule has 25 heavy (non-hydrogen) atoms. The quantitative estimate of drug-likeness (QED) is 0.800. The van der Waals surface area contributed by atoms with Gasteiger partial charge in [-0.3, -0.25) is 4.90 Å². The van der Waals surface area contributed by atoms with Crippen LogP contribution >= 0.6 is 0 Å². The average molecular weight is 345 g/mol. The topological polar surface area (TPSA) is 60.9 Å². The maximum Gasteiger partial charge on any atom is 0.317 e. The molecule has 0 spiro atoms.